The summed E-state index contributed by atoms with van der Waals surface area (Å²) in [4.78, 5) is 12.3. The molecule has 0 bridgehead atoms. The highest BCUT2D eigenvalue weighted by molar-refractivity contribution is 8.38. The van der Waals surface area contributed by atoms with Crippen LogP contribution in [-0.2, 0) is 11.9 Å². The molecule has 0 saturated carbocycles. The van der Waals surface area contributed by atoms with Gasteiger partial charge in [-0.2, -0.15) is 23.4 Å². The number of aromatic amines is 1. The first-order chi connectivity index (χ1) is 12.8. The largest absolute Gasteiger partial charge is 0.416 e. The fraction of sp³-hybridized carbons (Fsp3) is 0.353. The van der Waals surface area contributed by atoms with Crippen molar-refractivity contribution in [3.05, 3.63) is 51.4 Å². The molecule has 5 nitrogen and oxygen atoms in total. The van der Waals surface area contributed by atoms with E-state index in [1.165, 1.54) is 17.3 Å². The van der Waals surface area contributed by atoms with Gasteiger partial charge in [-0.05, 0) is 18.6 Å². The molecular formula is C17H19F3N4OS2. The van der Waals surface area contributed by atoms with Crippen molar-refractivity contribution in [3.8, 4) is 0 Å². The van der Waals surface area contributed by atoms with E-state index in [0.29, 0.717) is 20.5 Å². The number of nitrogens with zero attached hydrogens (tertiary/aromatic N) is 3. The van der Waals surface area contributed by atoms with Crippen LogP contribution >= 0.6 is 23.5 Å². The van der Waals surface area contributed by atoms with Gasteiger partial charge < -0.3 is 0 Å². The van der Waals surface area contributed by atoms with Crippen LogP contribution in [0.4, 0.5) is 18.9 Å². The third-order valence-corrected chi connectivity index (χ3v) is 5.73. The third-order valence-electron chi connectivity index (χ3n) is 3.48. The Kier molecular flexibility index (Phi) is 6.99. The molecule has 2 heterocycles. The highest BCUT2D eigenvalue weighted by Gasteiger charge is 2.33. The van der Waals surface area contributed by atoms with E-state index in [-0.39, 0.29) is 16.9 Å². The van der Waals surface area contributed by atoms with Gasteiger partial charge in [-0.15, -0.1) is 0 Å². The van der Waals surface area contributed by atoms with Crippen molar-refractivity contribution >= 4 is 33.6 Å². The van der Waals surface area contributed by atoms with Crippen LogP contribution < -0.4 is 10.6 Å². The molecule has 0 aliphatic carbocycles. The van der Waals surface area contributed by atoms with Crippen LogP contribution in [0.5, 0.6) is 0 Å². The molecule has 2 aromatic rings. The number of hydrazone groups is 1. The molecule has 27 heavy (non-hydrogen) atoms. The zero-order valence-corrected chi connectivity index (χ0v) is 16.8. The van der Waals surface area contributed by atoms with Crippen molar-refractivity contribution in [2.24, 2.45) is 5.10 Å². The number of anilines is 1. The average Bonchev–Trinajstić information content (AvgIpc) is 2.62. The van der Waals surface area contributed by atoms with Gasteiger partial charge in [0.05, 0.1) is 17.4 Å². The van der Waals surface area contributed by atoms with Gasteiger partial charge in [-0.1, -0.05) is 55.1 Å². The number of aryl methyl sites for hydroxylation is 1. The Morgan fingerprint density at radius 2 is 2.00 bits per heavy atom. The molecule has 1 aliphatic rings. The predicted octanol–water partition coefficient (Wildman–Crippen LogP) is 4.87. The lowest BCUT2D eigenvalue weighted by Gasteiger charge is -2.22. The highest BCUT2D eigenvalue weighted by Crippen LogP contribution is 2.38. The SMILES string of the molecule is CC.Cc1ccc(CSC2=NN(C)c3cn[nH]c(=O)c3S2)c(C(F)(F)F)c1. The summed E-state index contributed by atoms with van der Waals surface area (Å²) in [5.41, 5.74) is 0.303. The summed E-state index contributed by atoms with van der Waals surface area (Å²) in [7, 11) is 1.66. The van der Waals surface area contributed by atoms with Gasteiger partial charge in [0.15, 0.2) is 4.38 Å². The molecule has 1 aliphatic heterocycles. The van der Waals surface area contributed by atoms with Crippen LogP contribution in [-0.4, -0.2) is 21.6 Å². The second kappa shape index (κ2) is 8.83. The highest BCUT2D eigenvalue weighted by atomic mass is 32.2. The summed E-state index contributed by atoms with van der Waals surface area (Å²) in [6.45, 7) is 5.62. The second-order valence-corrected chi connectivity index (χ2v) is 7.57. The van der Waals surface area contributed by atoms with Crippen molar-refractivity contribution in [2.45, 2.75) is 37.6 Å². The molecule has 0 amide bonds. The third kappa shape index (κ3) is 5.07. The smallest absolute Gasteiger partial charge is 0.267 e. The molecule has 0 atom stereocenters. The fourth-order valence-electron chi connectivity index (χ4n) is 2.27. The van der Waals surface area contributed by atoms with Gasteiger partial charge in [-0.3, -0.25) is 9.80 Å². The molecule has 3 rings (SSSR count). The molecule has 0 unspecified atom stereocenters. The first-order valence-electron chi connectivity index (χ1n) is 8.13. The molecule has 0 radical (unpaired) electrons. The number of H-pyrrole nitrogens is 1. The molecule has 1 aromatic carbocycles. The van der Waals surface area contributed by atoms with E-state index in [2.05, 4.69) is 15.3 Å². The molecule has 0 spiro atoms. The number of hydrogen-bond donors (Lipinski definition) is 1. The fourth-order valence-corrected chi connectivity index (χ4v) is 4.41. The maximum atomic E-state index is 13.2. The Morgan fingerprint density at radius 1 is 1.30 bits per heavy atom. The lowest BCUT2D eigenvalue weighted by molar-refractivity contribution is -0.138. The van der Waals surface area contributed by atoms with E-state index < -0.39 is 11.7 Å². The maximum Gasteiger partial charge on any atom is 0.416 e. The first kappa shape index (κ1) is 21.4. The molecule has 1 N–H and O–H groups in total. The van der Waals surface area contributed by atoms with Crippen molar-refractivity contribution in [1.29, 1.82) is 0 Å². The molecule has 0 fully saturated rings. The van der Waals surface area contributed by atoms with Crippen LogP contribution in [0.15, 0.2) is 39.2 Å². The molecule has 10 heteroatoms. The maximum absolute atomic E-state index is 13.2. The van der Waals surface area contributed by atoms with E-state index >= 15 is 0 Å². The summed E-state index contributed by atoms with van der Waals surface area (Å²) in [5, 5.41) is 11.9. The summed E-state index contributed by atoms with van der Waals surface area (Å²) in [5.74, 6) is 0.104. The lowest BCUT2D eigenvalue weighted by Crippen LogP contribution is -2.22. The Balaban J connectivity index is 0.00000126. The van der Waals surface area contributed by atoms with E-state index in [4.69, 9.17) is 0 Å². The van der Waals surface area contributed by atoms with Crippen LogP contribution in [0.3, 0.4) is 0 Å². The topological polar surface area (TPSA) is 61.4 Å². The normalized spacial score (nSPS) is 13.4. The number of benzene rings is 1. The number of hydrogen-bond acceptors (Lipinski definition) is 6. The van der Waals surface area contributed by atoms with Crippen molar-refractivity contribution < 1.29 is 13.2 Å². The molecule has 146 valence electrons. The molecular weight excluding hydrogens is 397 g/mol. The van der Waals surface area contributed by atoms with Gasteiger partial charge in [-0.25, -0.2) is 5.10 Å². The summed E-state index contributed by atoms with van der Waals surface area (Å²) >= 11 is 2.29. The number of aromatic nitrogens is 2. The summed E-state index contributed by atoms with van der Waals surface area (Å²) in [6.07, 6.45) is -2.92. The Hall–Kier alpha value is -1.94. The van der Waals surface area contributed by atoms with E-state index in [9.17, 15) is 18.0 Å². The van der Waals surface area contributed by atoms with Crippen molar-refractivity contribution in [2.75, 3.05) is 12.1 Å². The Labute approximate surface area is 163 Å². The van der Waals surface area contributed by atoms with Crippen molar-refractivity contribution in [3.63, 3.8) is 0 Å². The van der Waals surface area contributed by atoms with E-state index in [0.717, 1.165) is 29.6 Å². The number of alkyl halides is 3. The number of halogens is 3. The minimum absolute atomic E-state index is 0.104. The lowest BCUT2D eigenvalue weighted by atomic mass is 10.1. The van der Waals surface area contributed by atoms with Crippen molar-refractivity contribution in [1.82, 2.24) is 10.2 Å². The van der Waals surface area contributed by atoms with Crippen LogP contribution in [0, 0.1) is 6.92 Å². The zero-order valence-electron chi connectivity index (χ0n) is 15.2. The number of fused-ring (bicyclic) bond motifs is 1. The van der Waals surface area contributed by atoms with E-state index in [1.807, 2.05) is 13.8 Å². The van der Waals surface area contributed by atoms with E-state index in [1.54, 1.807) is 20.0 Å². The monoisotopic (exact) mass is 416 g/mol. The van der Waals surface area contributed by atoms with Crippen LogP contribution in [0.2, 0.25) is 0 Å². The van der Waals surface area contributed by atoms with Gasteiger partial charge in [0.25, 0.3) is 5.56 Å². The Morgan fingerprint density at radius 3 is 2.67 bits per heavy atom. The summed E-state index contributed by atoms with van der Waals surface area (Å²) < 4.78 is 40.1. The van der Waals surface area contributed by atoms with Gasteiger partial charge in [0.1, 0.15) is 4.90 Å². The van der Waals surface area contributed by atoms with Crippen LogP contribution in [0.25, 0.3) is 0 Å². The second-order valence-electron chi connectivity index (χ2n) is 5.35. The molecule has 0 saturated heterocycles. The van der Waals surface area contributed by atoms with Gasteiger partial charge in [0.2, 0.25) is 0 Å². The Bertz CT molecular complexity index is 896. The quantitative estimate of drug-likeness (QED) is 0.757. The standard InChI is InChI=1S/C15H13F3N4OS2.C2H6/c1-8-3-4-9(10(5-8)15(16,17)18)7-24-14-21-22(2)11-6-19-20-13(23)12(11)25-14;1-2/h3-6H,7H2,1-2H3,(H,20,23);1-2H3. The first-order valence-corrected chi connectivity index (χ1v) is 9.93. The van der Waals surface area contributed by atoms with Crippen LogP contribution in [0.1, 0.15) is 30.5 Å². The van der Waals surface area contributed by atoms with Gasteiger partial charge >= 0.3 is 6.18 Å². The predicted molar refractivity (Wildman–Crippen MR) is 105 cm³/mol. The number of thioether (sulfide) groups is 2. The van der Waals surface area contributed by atoms with Gasteiger partial charge in [0, 0.05) is 12.8 Å². The minimum atomic E-state index is -4.41. The summed E-state index contributed by atoms with van der Waals surface area (Å²) in [6, 6.07) is 4.27. The zero-order chi connectivity index (χ0) is 20.2. The number of rotatable bonds is 2. The average molecular weight is 416 g/mol. The minimum Gasteiger partial charge on any atom is -0.267 e. The molecule has 1 aromatic heterocycles. The number of nitrogens with one attached hydrogen (secondary N) is 1.